The van der Waals surface area contributed by atoms with Crippen LogP contribution >= 0.6 is 0 Å². The molecule has 0 saturated heterocycles. The van der Waals surface area contributed by atoms with Crippen LogP contribution in [0.5, 0.6) is 11.5 Å². The van der Waals surface area contributed by atoms with Crippen LogP contribution in [0.3, 0.4) is 0 Å². The summed E-state index contributed by atoms with van der Waals surface area (Å²) in [5.74, 6) is 0.846. The first kappa shape index (κ1) is 18.2. The van der Waals surface area contributed by atoms with E-state index in [1.54, 1.807) is 43.5 Å². The number of carbonyl (C=O) groups excluding carboxylic acids is 1. The summed E-state index contributed by atoms with van der Waals surface area (Å²) < 4.78 is 35.7. The average Bonchev–Trinajstić information content (AvgIpc) is 2.73. The van der Waals surface area contributed by atoms with Crippen LogP contribution in [0.15, 0.2) is 52.9 Å². The first-order valence-corrected chi connectivity index (χ1v) is 9.99. The number of methoxy groups -OCH3 is 1. The second kappa shape index (κ2) is 7.33. The van der Waals surface area contributed by atoms with Crippen molar-refractivity contribution in [2.24, 2.45) is 0 Å². The number of benzene rings is 2. The van der Waals surface area contributed by atoms with Crippen LogP contribution in [-0.4, -0.2) is 33.7 Å². The average molecular weight is 372 g/mol. The van der Waals surface area contributed by atoms with Crippen LogP contribution in [-0.2, 0) is 9.84 Å². The van der Waals surface area contributed by atoms with E-state index in [9.17, 15) is 13.2 Å². The van der Waals surface area contributed by atoms with Crippen LogP contribution in [0, 0.1) is 0 Å². The molecule has 0 amide bonds. The smallest absolute Gasteiger partial charge is 0.190 e. The maximum atomic E-state index is 12.9. The van der Waals surface area contributed by atoms with Crippen molar-refractivity contribution in [3.05, 3.63) is 59.2 Å². The molecule has 2 aromatic rings. The topological polar surface area (TPSA) is 69.7 Å². The summed E-state index contributed by atoms with van der Waals surface area (Å²) >= 11 is 0. The fourth-order valence-corrected chi connectivity index (χ4v) is 4.45. The molecule has 136 valence electrons. The number of sulfone groups is 1. The van der Waals surface area contributed by atoms with E-state index in [1.165, 1.54) is 6.07 Å². The predicted octanol–water partition coefficient (Wildman–Crippen LogP) is 3.54. The molecule has 0 radical (unpaired) electrons. The molecule has 0 atom stereocenters. The van der Waals surface area contributed by atoms with E-state index in [0.717, 1.165) is 5.56 Å². The van der Waals surface area contributed by atoms with E-state index in [4.69, 9.17) is 9.47 Å². The lowest BCUT2D eigenvalue weighted by atomic mass is 9.99. The summed E-state index contributed by atoms with van der Waals surface area (Å²) in [5.41, 5.74) is 1.45. The number of hydrogen-bond acceptors (Lipinski definition) is 5. The zero-order valence-electron chi connectivity index (χ0n) is 14.7. The third-order valence-corrected chi connectivity index (χ3v) is 5.99. The van der Waals surface area contributed by atoms with E-state index in [1.807, 2.05) is 13.0 Å². The van der Waals surface area contributed by atoms with Crippen molar-refractivity contribution < 1.29 is 22.7 Å². The van der Waals surface area contributed by atoms with Crippen molar-refractivity contribution in [1.29, 1.82) is 0 Å². The first-order valence-electron chi connectivity index (χ1n) is 8.34. The fourth-order valence-electron chi connectivity index (χ4n) is 2.96. The number of hydrogen-bond donors (Lipinski definition) is 0. The summed E-state index contributed by atoms with van der Waals surface area (Å²) in [6.07, 6.45) is 1.90. The minimum absolute atomic E-state index is 0.0872. The lowest BCUT2D eigenvalue weighted by molar-refractivity contribution is 0.103. The monoisotopic (exact) mass is 372 g/mol. The zero-order valence-corrected chi connectivity index (χ0v) is 15.5. The van der Waals surface area contributed by atoms with E-state index < -0.39 is 9.84 Å². The van der Waals surface area contributed by atoms with Crippen LogP contribution in [0.25, 0.3) is 6.08 Å². The Bertz CT molecular complexity index is 973. The summed E-state index contributed by atoms with van der Waals surface area (Å²) in [6.45, 7) is 2.36. The molecule has 1 aliphatic heterocycles. The number of ketones is 1. The van der Waals surface area contributed by atoms with Crippen LogP contribution in [0.2, 0.25) is 0 Å². The number of rotatable bonds is 4. The molecule has 0 saturated carbocycles. The standard InChI is InChI=1S/C20H20O5S/c1-3-25-18-13-14(8-9-17(18)24-2)12-15-10-11-26(22,23)19-7-5-4-6-16(19)20(15)21/h4-9,12-13H,3,10-11H2,1-2H3/b15-12+. The van der Waals surface area contributed by atoms with Crippen molar-refractivity contribution in [2.45, 2.75) is 18.2 Å². The van der Waals surface area contributed by atoms with Crippen molar-refractivity contribution in [1.82, 2.24) is 0 Å². The van der Waals surface area contributed by atoms with Crippen molar-refractivity contribution >= 4 is 21.7 Å². The Balaban J connectivity index is 2.05. The molecule has 0 fully saturated rings. The van der Waals surface area contributed by atoms with E-state index in [2.05, 4.69) is 0 Å². The van der Waals surface area contributed by atoms with Crippen LogP contribution < -0.4 is 9.47 Å². The fraction of sp³-hybridized carbons (Fsp3) is 0.250. The Hall–Kier alpha value is -2.60. The van der Waals surface area contributed by atoms with E-state index >= 15 is 0 Å². The van der Waals surface area contributed by atoms with Crippen molar-refractivity contribution in [3.8, 4) is 11.5 Å². The van der Waals surface area contributed by atoms with E-state index in [0.29, 0.717) is 23.7 Å². The Kier molecular flexibility index (Phi) is 5.13. The molecule has 1 heterocycles. The van der Waals surface area contributed by atoms with E-state index in [-0.39, 0.29) is 28.4 Å². The maximum Gasteiger partial charge on any atom is 0.190 e. The second-order valence-corrected chi connectivity index (χ2v) is 7.98. The van der Waals surface area contributed by atoms with Gasteiger partial charge in [0.15, 0.2) is 27.1 Å². The summed E-state index contributed by atoms with van der Waals surface area (Å²) in [6, 6.07) is 11.7. The summed E-state index contributed by atoms with van der Waals surface area (Å²) in [7, 11) is -1.91. The first-order chi connectivity index (χ1) is 12.5. The van der Waals surface area contributed by atoms with Gasteiger partial charge in [0.2, 0.25) is 0 Å². The number of ether oxygens (including phenoxy) is 2. The molecule has 0 unspecified atom stereocenters. The van der Waals surface area contributed by atoms with Crippen molar-refractivity contribution in [3.63, 3.8) is 0 Å². The quantitative estimate of drug-likeness (QED) is 0.768. The summed E-state index contributed by atoms with van der Waals surface area (Å²) in [4.78, 5) is 13.0. The SMILES string of the molecule is CCOc1cc(/C=C2\CCS(=O)(=O)c3ccccc3C2=O)ccc1OC. The van der Waals surface area contributed by atoms with Gasteiger partial charge in [0.1, 0.15) is 0 Å². The van der Waals surface area contributed by atoms with Gasteiger partial charge in [0.25, 0.3) is 0 Å². The summed E-state index contributed by atoms with van der Waals surface area (Å²) in [5, 5.41) is 0. The van der Waals surface area contributed by atoms with Gasteiger partial charge in [0.05, 0.1) is 24.4 Å². The highest BCUT2D eigenvalue weighted by atomic mass is 32.2. The molecular weight excluding hydrogens is 352 g/mol. The molecule has 0 bridgehead atoms. The molecular formula is C20H20O5S. The van der Waals surface area contributed by atoms with Gasteiger partial charge in [-0.3, -0.25) is 4.79 Å². The minimum atomic E-state index is -3.47. The Morgan fingerprint density at radius 3 is 2.62 bits per heavy atom. The molecule has 3 rings (SSSR count). The van der Waals surface area contributed by atoms with Gasteiger partial charge in [-0.2, -0.15) is 0 Å². The van der Waals surface area contributed by atoms with Gasteiger partial charge < -0.3 is 9.47 Å². The Morgan fingerprint density at radius 1 is 1.12 bits per heavy atom. The Labute approximate surface area is 153 Å². The molecule has 0 N–H and O–H groups in total. The molecule has 0 aliphatic carbocycles. The largest absolute Gasteiger partial charge is 0.493 e. The molecule has 0 aromatic heterocycles. The highest BCUT2D eigenvalue weighted by Crippen LogP contribution is 2.31. The van der Waals surface area contributed by atoms with Gasteiger partial charge in [0, 0.05) is 11.1 Å². The molecule has 26 heavy (non-hydrogen) atoms. The third-order valence-electron chi connectivity index (χ3n) is 4.23. The lowest BCUT2D eigenvalue weighted by Gasteiger charge is -2.10. The molecule has 5 nitrogen and oxygen atoms in total. The lowest BCUT2D eigenvalue weighted by Crippen LogP contribution is -2.06. The highest BCUT2D eigenvalue weighted by Gasteiger charge is 2.28. The third kappa shape index (κ3) is 3.51. The van der Waals surface area contributed by atoms with Crippen LogP contribution in [0.1, 0.15) is 29.3 Å². The van der Waals surface area contributed by atoms with Crippen molar-refractivity contribution in [2.75, 3.05) is 19.5 Å². The number of fused-ring (bicyclic) bond motifs is 1. The normalized spacial score (nSPS) is 17.5. The molecule has 2 aromatic carbocycles. The van der Waals surface area contributed by atoms with Gasteiger partial charge in [-0.25, -0.2) is 8.42 Å². The zero-order chi connectivity index (χ0) is 18.7. The van der Waals surface area contributed by atoms with Gasteiger partial charge >= 0.3 is 0 Å². The minimum Gasteiger partial charge on any atom is -0.493 e. The number of Topliss-reactive ketones (excluding diaryl/α,β-unsaturated/α-hetero) is 1. The van der Waals surface area contributed by atoms with Crippen LogP contribution in [0.4, 0.5) is 0 Å². The maximum absolute atomic E-state index is 12.9. The second-order valence-electron chi connectivity index (χ2n) is 5.91. The molecule has 6 heteroatoms. The van der Waals surface area contributed by atoms with Gasteiger partial charge in [-0.05, 0) is 49.2 Å². The Morgan fingerprint density at radius 2 is 1.88 bits per heavy atom. The predicted molar refractivity (Wildman–Crippen MR) is 99.6 cm³/mol. The van der Waals surface area contributed by atoms with Gasteiger partial charge in [-0.1, -0.05) is 18.2 Å². The molecule has 1 aliphatic rings. The number of carbonyl (C=O) groups is 1. The van der Waals surface area contributed by atoms with Gasteiger partial charge in [-0.15, -0.1) is 0 Å². The molecule has 0 spiro atoms. The number of allylic oxidation sites excluding steroid dienone is 1. The highest BCUT2D eigenvalue weighted by molar-refractivity contribution is 7.91.